The molecule has 0 radical (unpaired) electrons. The van der Waals surface area contributed by atoms with E-state index in [-0.39, 0.29) is 0 Å². The fraction of sp³-hybridized carbons (Fsp3) is 0. The van der Waals surface area contributed by atoms with E-state index in [0.717, 1.165) is 10.5 Å². The predicted octanol–water partition coefficient (Wildman–Crippen LogP) is 1.17. The molecule has 1 aromatic carbocycles. The highest BCUT2D eigenvalue weighted by atomic mass is 32.3. The summed E-state index contributed by atoms with van der Waals surface area (Å²) in [5.74, 6) is 0. The van der Waals surface area contributed by atoms with Crippen LogP contribution in [0.1, 0.15) is 5.56 Å². The molecule has 1 aromatic rings. The normalized spacial score (nSPS) is 22.2. The summed E-state index contributed by atoms with van der Waals surface area (Å²) in [6.07, 6.45) is 1.84. The van der Waals surface area contributed by atoms with Crippen molar-refractivity contribution in [3.63, 3.8) is 0 Å². The van der Waals surface area contributed by atoms with Gasteiger partial charge in [0.2, 0.25) is 0 Å². The molecule has 1 aliphatic heterocycles. The molecule has 1 atom stereocenters. The molecule has 1 heterocycles. The fourth-order valence-electron chi connectivity index (χ4n) is 1.23. The summed E-state index contributed by atoms with van der Waals surface area (Å²) in [5, 5.41) is 6.53. The third kappa shape index (κ3) is 1.98. The van der Waals surface area contributed by atoms with Crippen LogP contribution in [-0.4, -0.2) is 8.42 Å². The molecule has 1 unspecified atom stereocenters. The van der Waals surface area contributed by atoms with Gasteiger partial charge in [0.15, 0.2) is 0 Å². The molecule has 0 aliphatic carbocycles. The zero-order valence-electron chi connectivity index (χ0n) is 7.12. The van der Waals surface area contributed by atoms with Gasteiger partial charge in [-0.25, -0.2) is 8.77 Å². The predicted molar refractivity (Wildman–Crippen MR) is 56.9 cm³/mol. The molecule has 0 aromatic heterocycles. The molecule has 0 saturated heterocycles. The van der Waals surface area contributed by atoms with Crippen molar-refractivity contribution in [2.45, 2.75) is 4.90 Å². The first-order valence-electron chi connectivity index (χ1n) is 3.85. The van der Waals surface area contributed by atoms with Crippen molar-refractivity contribution in [1.29, 1.82) is 0 Å². The number of thiol groups is 1. The molecule has 0 bridgehead atoms. The molecule has 0 spiro atoms. The van der Waals surface area contributed by atoms with Crippen molar-refractivity contribution in [2.24, 2.45) is 5.14 Å². The van der Waals surface area contributed by atoms with Crippen LogP contribution in [0, 0.1) is 0 Å². The van der Waals surface area contributed by atoms with E-state index in [1.807, 2.05) is 30.3 Å². The van der Waals surface area contributed by atoms with Crippen molar-refractivity contribution < 1.29 is 12.0 Å². The molecule has 2 rings (SSSR count). The molecular formula is C8H9NO3S2. The highest BCUT2D eigenvalue weighted by Gasteiger charge is 2.18. The largest absolute Gasteiger partial charge is 0.343 e. The molecule has 1 aliphatic rings. The molecule has 4 nitrogen and oxygen atoms in total. The Morgan fingerprint density at radius 2 is 2.00 bits per heavy atom. The van der Waals surface area contributed by atoms with Gasteiger partial charge in [-0.15, -0.1) is 0 Å². The van der Waals surface area contributed by atoms with Crippen LogP contribution in [-0.2, 0) is 13.9 Å². The van der Waals surface area contributed by atoms with Crippen LogP contribution in [0.15, 0.2) is 34.6 Å². The van der Waals surface area contributed by atoms with Gasteiger partial charge in [0.1, 0.15) is 0 Å². The standard InChI is InChI=1S/C8H9NO3S2/c9-14(10,11)12-13-6-5-7-3-1-2-4-8(7)13/h1-6,13H,(H2,9,10,11). The minimum atomic E-state index is -3.87. The van der Waals surface area contributed by atoms with Gasteiger partial charge in [0.05, 0.1) is 0 Å². The van der Waals surface area contributed by atoms with Gasteiger partial charge < -0.3 is 0 Å². The van der Waals surface area contributed by atoms with Gasteiger partial charge in [-0.05, 0) is 23.1 Å². The SMILES string of the molecule is NS(=O)(=O)O[SH]1C=Cc2ccccc21. The Bertz CT molecular complexity index is 481. The molecule has 6 heteroatoms. The summed E-state index contributed by atoms with van der Waals surface area (Å²) in [5.41, 5.74) is 0.988. The van der Waals surface area contributed by atoms with E-state index in [2.05, 4.69) is 0 Å². The van der Waals surface area contributed by atoms with E-state index in [4.69, 9.17) is 8.77 Å². The number of benzene rings is 1. The van der Waals surface area contributed by atoms with Crippen LogP contribution in [0.25, 0.3) is 6.08 Å². The van der Waals surface area contributed by atoms with Crippen molar-refractivity contribution in [1.82, 2.24) is 0 Å². The summed E-state index contributed by atoms with van der Waals surface area (Å²) in [4.78, 5) is 0.886. The van der Waals surface area contributed by atoms with Gasteiger partial charge in [0.25, 0.3) is 0 Å². The van der Waals surface area contributed by atoms with E-state index < -0.39 is 21.5 Å². The Labute approximate surface area is 85.2 Å². The second kappa shape index (κ2) is 3.39. The molecule has 2 N–H and O–H groups in total. The van der Waals surface area contributed by atoms with Crippen LogP contribution in [0.4, 0.5) is 0 Å². The van der Waals surface area contributed by atoms with Crippen LogP contribution < -0.4 is 5.14 Å². The van der Waals surface area contributed by atoms with Crippen LogP contribution >= 0.6 is 11.2 Å². The highest BCUT2D eigenvalue weighted by molar-refractivity contribution is 8.20. The number of hydrogen-bond donors (Lipinski definition) is 2. The summed E-state index contributed by atoms with van der Waals surface area (Å²) >= 11 is -1.24. The summed E-state index contributed by atoms with van der Waals surface area (Å²) < 4.78 is 26.2. The molecule has 0 fully saturated rings. The maximum absolute atomic E-state index is 10.7. The van der Waals surface area contributed by atoms with Gasteiger partial charge in [-0.3, -0.25) is 0 Å². The molecular weight excluding hydrogens is 222 g/mol. The van der Waals surface area contributed by atoms with Crippen LogP contribution in [0.3, 0.4) is 0 Å². The third-order valence-electron chi connectivity index (χ3n) is 1.75. The number of hydrogen-bond acceptors (Lipinski definition) is 3. The number of fused-ring (bicyclic) bond motifs is 1. The zero-order valence-corrected chi connectivity index (χ0v) is 8.83. The van der Waals surface area contributed by atoms with Crippen LogP contribution in [0.2, 0.25) is 0 Å². The molecule has 14 heavy (non-hydrogen) atoms. The maximum Gasteiger partial charge on any atom is 0.343 e. The maximum atomic E-state index is 10.7. The van der Waals surface area contributed by atoms with Gasteiger partial charge in [0, 0.05) is 4.90 Å². The lowest BCUT2D eigenvalue weighted by Gasteiger charge is -2.12. The van der Waals surface area contributed by atoms with E-state index in [1.165, 1.54) is 0 Å². The molecule has 0 amide bonds. The van der Waals surface area contributed by atoms with Crippen molar-refractivity contribution in [3.05, 3.63) is 35.2 Å². The topological polar surface area (TPSA) is 69.4 Å². The lowest BCUT2D eigenvalue weighted by atomic mass is 10.2. The van der Waals surface area contributed by atoms with E-state index in [1.54, 1.807) is 5.41 Å². The Hall–Kier alpha value is -0.820. The Morgan fingerprint density at radius 3 is 2.71 bits per heavy atom. The van der Waals surface area contributed by atoms with E-state index >= 15 is 0 Å². The third-order valence-corrected chi connectivity index (χ3v) is 4.52. The zero-order chi connectivity index (χ0) is 10.2. The summed E-state index contributed by atoms with van der Waals surface area (Å²) in [6, 6.07) is 7.47. The minimum absolute atomic E-state index is 0.886. The van der Waals surface area contributed by atoms with Gasteiger partial charge in [-0.1, -0.05) is 29.4 Å². The highest BCUT2D eigenvalue weighted by Crippen LogP contribution is 2.47. The molecule has 76 valence electrons. The first-order valence-corrected chi connectivity index (χ1v) is 6.65. The smallest absolute Gasteiger partial charge is 0.205 e. The van der Waals surface area contributed by atoms with E-state index in [9.17, 15) is 8.42 Å². The van der Waals surface area contributed by atoms with Crippen molar-refractivity contribution in [2.75, 3.05) is 0 Å². The Balaban J connectivity index is 2.32. The second-order valence-corrected chi connectivity index (χ2v) is 5.78. The minimum Gasteiger partial charge on any atom is -0.205 e. The quantitative estimate of drug-likeness (QED) is 0.750. The van der Waals surface area contributed by atoms with Crippen molar-refractivity contribution in [3.8, 4) is 0 Å². The second-order valence-electron chi connectivity index (χ2n) is 2.77. The first-order chi connectivity index (χ1) is 6.56. The van der Waals surface area contributed by atoms with Crippen molar-refractivity contribution >= 4 is 27.6 Å². The Kier molecular flexibility index (Phi) is 2.36. The summed E-state index contributed by atoms with van der Waals surface area (Å²) in [6.45, 7) is 0. The average molecular weight is 231 g/mol. The number of nitrogens with two attached hydrogens (primary N) is 1. The lowest BCUT2D eigenvalue weighted by molar-refractivity contribution is 0.518. The first kappa shape index (κ1) is 9.72. The lowest BCUT2D eigenvalue weighted by Crippen LogP contribution is -2.13. The summed E-state index contributed by atoms with van der Waals surface area (Å²) in [7, 11) is -3.87. The average Bonchev–Trinajstić information content (AvgIpc) is 2.47. The van der Waals surface area contributed by atoms with Gasteiger partial charge >= 0.3 is 10.3 Å². The van der Waals surface area contributed by atoms with Gasteiger partial charge in [-0.2, -0.15) is 8.42 Å². The van der Waals surface area contributed by atoms with Crippen LogP contribution in [0.5, 0.6) is 0 Å². The van der Waals surface area contributed by atoms with E-state index in [0.29, 0.717) is 0 Å². The fourth-order valence-corrected chi connectivity index (χ4v) is 3.74. The molecule has 0 saturated carbocycles. The number of rotatable bonds is 2. The monoisotopic (exact) mass is 231 g/mol. The Morgan fingerprint density at radius 1 is 1.29 bits per heavy atom.